The molecule has 8 heteroatoms. The van der Waals surface area contributed by atoms with E-state index in [9.17, 15) is 0 Å². The number of rotatable bonds is 4. The zero-order valence-corrected chi connectivity index (χ0v) is 11.6. The zero-order valence-electron chi connectivity index (χ0n) is 10.8. The van der Waals surface area contributed by atoms with Gasteiger partial charge in [-0.15, -0.1) is 0 Å². The van der Waals surface area contributed by atoms with Crippen LogP contribution in [0.3, 0.4) is 0 Å². The highest BCUT2D eigenvalue weighted by molar-refractivity contribution is 7.08. The van der Waals surface area contributed by atoms with Crippen LogP contribution < -0.4 is 11.1 Å². The molecule has 0 radical (unpaired) electrons. The average Bonchev–Trinajstić information content (AvgIpc) is 3.07. The SMILES string of the molecule is Cc1cscc1CNc1nc(N)nc(-n2cccn2)n1. The van der Waals surface area contributed by atoms with E-state index < -0.39 is 0 Å². The van der Waals surface area contributed by atoms with E-state index in [0.717, 1.165) is 0 Å². The molecule has 0 saturated heterocycles. The zero-order chi connectivity index (χ0) is 13.9. The molecule has 0 bridgehead atoms. The van der Waals surface area contributed by atoms with E-state index in [1.165, 1.54) is 11.1 Å². The van der Waals surface area contributed by atoms with Crippen molar-refractivity contribution in [2.45, 2.75) is 13.5 Å². The summed E-state index contributed by atoms with van der Waals surface area (Å²) in [6.45, 7) is 2.72. The number of aryl methyl sites for hydroxylation is 1. The largest absolute Gasteiger partial charge is 0.368 e. The van der Waals surface area contributed by atoms with Crippen LogP contribution >= 0.6 is 11.3 Å². The first-order chi connectivity index (χ1) is 9.72. The van der Waals surface area contributed by atoms with E-state index in [1.54, 1.807) is 34.5 Å². The molecule has 20 heavy (non-hydrogen) atoms. The van der Waals surface area contributed by atoms with Crippen molar-refractivity contribution in [3.63, 3.8) is 0 Å². The molecule has 0 amide bonds. The molecule has 0 atom stereocenters. The highest BCUT2D eigenvalue weighted by Crippen LogP contribution is 2.15. The predicted octanol–water partition coefficient (Wildman–Crippen LogP) is 1.62. The average molecular weight is 287 g/mol. The minimum Gasteiger partial charge on any atom is -0.368 e. The minimum absolute atomic E-state index is 0.162. The summed E-state index contributed by atoms with van der Waals surface area (Å²) in [5.41, 5.74) is 8.17. The standard InChI is InChI=1S/C12H13N7S/c1-8-6-20-7-9(8)5-14-11-16-10(13)17-12(18-11)19-4-2-3-15-19/h2-4,6-7H,5H2,1H3,(H3,13,14,16,17,18). The van der Waals surface area contributed by atoms with Crippen molar-refractivity contribution in [1.29, 1.82) is 0 Å². The first kappa shape index (κ1) is 12.5. The molecule has 0 saturated carbocycles. The van der Waals surface area contributed by atoms with Crippen molar-refractivity contribution in [3.8, 4) is 5.95 Å². The van der Waals surface area contributed by atoms with Gasteiger partial charge in [-0.1, -0.05) is 0 Å². The lowest BCUT2D eigenvalue weighted by Gasteiger charge is -2.07. The molecule has 3 rings (SSSR count). The van der Waals surface area contributed by atoms with Crippen molar-refractivity contribution in [3.05, 3.63) is 40.3 Å². The molecule has 0 aromatic carbocycles. The van der Waals surface area contributed by atoms with Crippen LogP contribution in [0.2, 0.25) is 0 Å². The topological polar surface area (TPSA) is 94.5 Å². The van der Waals surface area contributed by atoms with Gasteiger partial charge in [-0.25, -0.2) is 4.68 Å². The van der Waals surface area contributed by atoms with Crippen LogP contribution in [-0.2, 0) is 6.54 Å². The van der Waals surface area contributed by atoms with Crippen molar-refractivity contribution in [2.75, 3.05) is 11.1 Å². The lowest BCUT2D eigenvalue weighted by Crippen LogP contribution is -2.11. The number of thiophene rings is 1. The molecule has 102 valence electrons. The Labute approximate surface area is 119 Å². The predicted molar refractivity (Wildman–Crippen MR) is 77.7 cm³/mol. The molecule has 0 spiro atoms. The first-order valence-electron chi connectivity index (χ1n) is 5.99. The second-order valence-corrected chi connectivity index (χ2v) is 4.95. The summed E-state index contributed by atoms with van der Waals surface area (Å²) in [5.74, 6) is 0.996. The lowest BCUT2D eigenvalue weighted by atomic mass is 10.2. The molecule has 0 aliphatic carbocycles. The molecule has 3 heterocycles. The molecule has 0 aliphatic heterocycles. The van der Waals surface area contributed by atoms with E-state index in [0.29, 0.717) is 18.4 Å². The van der Waals surface area contributed by atoms with Crippen molar-refractivity contribution < 1.29 is 0 Å². The number of hydrogen-bond acceptors (Lipinski definition) is 7. The van der Waals surface area contributed by atoms with Crippen LogP contribution in [0, 0.1) is 6.92 Å². The summed E-state index contributed by atoms with van der Waals surface area (Å²) >= 11 is 1.67. The molecule has 0 unspecified atom stereocenters. The summed E-state index contributed by atoms with van der Waals surface area (Å²) in [7, 11) is 0. The Morgan fingerprint density at radius 1 is 1.30 bits per heavy atom. The normalized spacial score (nSPS) is 10.7. The van der Waals surface area contributed by atoms with Gasteiger partial charge in [0, 0.05) is 18.9 Å². The summed E-state index contributed by atoms with van der Waals surface area (Å²) in [4.78, 5) is 12.4. The molecule has 3 aromatic heterocycles. The monoisotopic (exact) mass is 287 g/mol. The number of anilines is 2. The summed E-state index contributed by atoms with van der Waals surface area (Å²) in [6, 6.07) is 1.79. The van der Waals surface area contributed by atoms with Crippen molar-refractivity contribution >= 4 is 23.2 Å². The van der Waals surface area contributed by atoms with Crippen LogP contribution in [0.5, 0.6) is 0 Å². The van der Waals surface area contributed by atoms with Gasteiger partial charge in [0.2, 0.25) is 11.9 Å². The van der Waals surface area contributed by atoms with Gasteiger partial charge in [-0.3, -0.25) is 0 Å². The maximum atomic E-state index is 5.70. The van der Waals surface area contributed by atoms with E-state index in [4.69, 9.17) is 5.73 Å². The Kier molecular flexibility index (Phi) is 3.30. The second-order valence-electron chi connectivity index (χ2n) is 4.20. The fourth-order valence-corrected chi connectivity index (χ4v) is 2.55. The summed E-state index contributed by atoms with van der Waals surface area (Å²) in [5, 5.41) is 11.4. The van der Waals surface area contributed by atoms with E-state index in [1.807, 2.05) is 0 Å². The molecule has 7 nitrogen and oxygen atoms in total. The first-order valence-corrected chi connectivity index (χ1v) is 6.94. The van der Waals surface area contributed by atoms with Gasteiger partial charge >= 0.3 is 0 Å². The molecule has 0 fully saturated rings. The number of nitrogens with zero attached hydrogens (tertiary/aromatic N) is 5. The maximum absolute atomic E-state index is 5.70. The molecule has 0 aliphatic rings. The van der Waals surface area contributed by atoms with Crippen molar-refractivity contribution in [1.82, 2.24) is 24.7 Å². The fraction of sp³-hybridized carbons (Fsp3) is 0.167. The molecular formula is C12H13N7S. The lowest BCUT2D eigenvalue weighted by molar-refractivity contribution is 0.798. The fourth-order valence-electron chi connectivity index (χ4n) is 1.69. The van der Waals surface area contributed by atoms with Crippen LogP contribution in [0.4, 0.5) is 11.9 Å². The number of nitrogens with one attached hydrogen (secondary N) is 1. The maximum Gasteiger partial charge on any atom is 0.257 e. The number of aromatic nitrogens is 5. The van der Waals surface area contributed by atoms with Crippen molar-refractivity contribution in [2.24, 2.45) is 0 Å². The van der Waals surface area contributed by atoms with E-state index in [2.05, 4.69) is 43.1 Å². The highest BCUT2D eigenvalue weighted by atomic mass is 32.1. The van der Waals surface area contributed by atoms with Crippen LogP contribution in [0.15, 0.2) is 29.2 Å². The smallest absolute Gasteiger partial charge is 0.257 e. The highest BCUT2D eigenvalue weighted by Gasteiger charge is 2.07. The number of nitrogen functional groups attached to an aromatic ring is 1. The quantitative estimate of drug-likeness (QED) is 0.757. The summed E-state index contributed by atoms with van der Waals surface area (Å²) < 4.78 is 1.54. The van der Waals surface area contributed by atoms with Gasteiger partial charge in [0.1, 0.15) is 0 Å². The Morgan fingerprint density at radius 2 is 2.20 bits per heavy atom. The van der Waals surface area contributed by atoms with Gasteiger partial charge in [0.05, 0.1) is 0 Å². The molecular weight excluding hydrogens is 274 g/mol. The molecule has 3 aromatic rings. The third-order valence-corrected chi connectivity index (χ3v) is 3.66. The number of nitrogens with two attached hydrogens (primary N) is 1. The third-order valence-electron chi connectivity index (χ3n) is 2.75. The Hall–Kier alpha value is -2.48. The van der Waals surface area contributed by atoms with Gasteiger partial charge in [0.25, 0.3) is 5.95 Å². The van der Waals surface area contributed by atoms with Crippen LogP contribution in [0.25, 0.3) is 5.95 Å². The summed E-state index contributed by atoms with van der Waals surface area (Å²) in [6.07, 6.45) is 3.41. The second kappa shape index (κ2) is 5.25. The van der Waals surface area contributed by atoms with Gasteiger partial charge < -0.3 is 11.1 Å². The van der Waals surface area contributed by atoms with Crippen LogP contribution in [0.1, 0.15) is 11.1 Å². The van der Waals surface area contributed by atoms with Crippen LogP contribution in [-0.4, -0.2) is 24.7 Å². The van der Waals surface area contributed by atoms with E-state index in [-0.39, 0.29) is 5.95 Å². The van der Waals surface area contributed by atoms with Gasteiger partial charge in [-0.2, -0.15) is 31.4 Å². The Morgan fingerprint density at radius 3 is 2.90 bits per heavy atom. The van der Waals surface area contributed by atoms with Gasteiger partial charge in [-0.05, 0) is 34.9 Å². The molecule has 3 N–H and O–H groups in total. The van der Waals surface area contributed by atoms with E-state index >= 15 is 0 Å². The Bertz CT molecular complexity index is 704. The number of hydrogen-bond donors (Lipinski definition) is 2. The minimum atomic E-state index is 0.162. The Balaban J connectivity index is 1.81. The van der Waals surface area contributed by atoms with Gasteiger partial charge in [0.15, 0.2) is 0 Å². The third kappa shape index (κ3) is 2.59.